The van der Waals surface area contributed by atoms with E-state index in [0.717, 1.165) is 17.6 Å². The van der Waals surface area contributed by atoms with E-state index < -0.39 is 0 Å². The topological polar surface area (TPSA) is 18.5 Å². The van der Waals surface area contributed by atoms with Gasteiger partial charge in [-0.25, -0.2) is 0 Å². The maximum Gasteiger partial charge on any atom is 0.202 e. The van der Waals surface area contributed by atoms with E-state index in [0.29, 0.717) is 12.0 Å². The molecule has 0 N–H and O–H groups in total. The van der Waals surface area contributed by atoms with Crippen molar-refractivity contribution in [3.05, 3.63) is 29.3 Å². The predicted octanol–water partition coefficient (Wildman–Crippen LogP) is 6.47. The van der Waals surface area contributed by atoms with Crippen LogP contribution in [-0.4, -0.2) is 12.4 Å². The molecule has 1 fully saturated rings. The zero-order chi connectivity index (χ0) is 17.8. The van der Waals surface area contributed by atoms with Crippen LogP contribution in [0.1, 0.15) is 89.7 Å². The molecule has 1 aromatic carbocycles. The lowest BCUT2D eigenvalue weighted by Crippen LogP contribution is -2.32. The lowest BCUT2D eigenvalue weighted by Gasteiger charge is -2.30. The standard InChI is InChI=1S/C23H36O2/c1-5-17-14-18-15-20(12-13-22(18)21(17)6-2)25-23(16(3)4)24-19-10-8-7-9-11-19/h12-13,15-17,19,21,23H,5-11,14H2,1-4H3. The van der Waals surface area contributed by atoms with Crippen LogP contribution in [0.5, 0.6) is 5.75 Å². The van der Waals surface area contributed by atoms with Crippen molar-refractivity contribution >= 4 is 0 Å². The molecule has 3 atom stereocenters. The maximum atomic E-state index is 6.34. The van der Waals surface area contributed by atoms with Crippen LogP contribution < -0.4 is 4.74 Å². The fourth-order valence-electron chi connectivity index (χ4n) is 4.70. The summed E-state index contributed by atoms with van der Waals surface area (Å²) in [6.45, 7) is 9.03. The van der Waals surface area contributed by atoms with Crippen molar-refractivity contribution in [3.8, 4) is 5.75 Å². The second-order valence-electron chi connectivity index (χ2n) is 8.37. The molecule has 2 aliphatic carbocycles. The van der Waals surface area contributed by atoms with Gasteiger partial charge in [-0.15, -0.1) is 0 Å². The Labute approximate surface area is 154 Å². The summed E-state index contributed by atoms with van der Waals surface area (Å²) >= 11 is 0. The molecule has 2 heteroatoms. The Morgan fingerprint density at radius 3 is 2.44 bits per heavy atom. The number of rotatable bonds is 7. The van der Waals surface area contributed by atoms with Crippen LogP contribution in [0.15, 0.2) is 18.2 Å². The van der Waals surface area contributed by atoms with Crippen LogP contribution in [0.2, 0.25) is 0 Å². The van der Waals surface area contributed by atoms with Crippen molar-refractivity contribution in [2.24, 2.45) is 11.8 Å². The Kier molecular flexibility index (Phi) is 6.44. The van der Waals surface area contributed by atoms with Crippen LogP contribution in [0.3, 0.4) is 0 Å². The summed E-state index contributed by atoms with van der Waals surface area (Å²) < 4.78 is 12.7. The second-order valence-corrected chi connectivity index (χ2v) is 8.37. The minimum absolute atomic E-state index is 0.133. The van der Waals surface area contributed by atoms with Gasteiger partial charge in [-0.05, 0) is 60.8 Å². The van der Waals surface area contributed by atoms with Crippen LogP contribution in [0.4, 0.5) is 0 Å². The van der Waals surface area contributed by atoms with Gasteiger partial charge in [0.15, 0.2) is 0 Å². The predicted molar refractivity (Wildman–Crippen MR) is 104 cm³/mol. The van der Waals surface area contributed by atoms with Gasteiger partial charge in [0.25, 0.3) is 0 Å². The van der Waals surface area contributed by atoms with E-state index in [4.69, 9.17) is 9.47 Å². The minimum atomic E-state index is -0.133. The molecule has 0 bridgehead atoms. The lowest BCUT2D eigenvalue weighted by atomic mass is 9.88. The van der Waals surface area contributed by atoms with Gasteiger partial charge in [0, 0.05) is 5.92 Å². The molecule has 25 heavy (non-hydrogen) atoms. The van der Waals surface area contributed by atoms with Crippen molar-refractivity contribution in [2.45, 2.75) is 97.4 Å². The fraction of sp³-hybridized carbons (Fsp3) is 0.739. The number of fused-ring (bicyclic) bond motifs is 1. The summed E-state index contributed by atoms with van der Waals surface area (Å²) in [5.41, 5.74) is 3.05. The first-order valence-corrected chi connectivity index (χ1v) is 10.6. The number of benzene rings is 1. The van der Waals surface area contributed by atoms with E-state index in [2.05, 4.69) is 45.9 Å². The molecule has 3 rings (SSSR count). The highest BCUT2D eigenvalue weighted by atomic mass is 16.7. The van der Waals surface area contributed by atoms with Crippen LogP contribution in [0, 0.1) is 11.8 Å². The molecular weight excluding hydrogens is 308 g/mol. The van der Waals surface area contributed by atoms with Crippen molar-refractivity contribution < 1.29 is 9.47 Å². The van der Waals surface area contributed by atoms with Gasteiger partial charge >= 0.3 is 0 Å². The van der Waals surface area contributed by atoms with E-state index in [1.165, 1.54) is 56.9 Å². The van der Waals surface area contributed by atoms with Crippen molar-refractivity contribution in [2.75, 3.05) is 0 Å². The molecule has 0 amide bonds. The molecule has 140 valence electrons. The Balaban J connectivity index is 1.69. The summed E-state index contributed by atoms with van der Waals surface area (Å²) in [6, 6.07) is 6.76. The monoisotopic (exact) mass is 344 g/mol. The largest absolute Gasteiger partial charge is 0.465 e. The van der Waals surface area contributed by atoms with Gasteiger partial charge in [-0.1, -0.05) is 59.4 Å². The molecule has 2 nitrogen and oxygen atoms in total. The van der Waals surface area contributed by atoms with E-state index in [1.807, 2.05) is 0 Å². The summed E-state index contributed by atoms with van der Waals surface area (Å²) in [5.74, 6) is 2.88. The van der Waals surface area contributed by atoms with Crippen molar-refractivity contribution in [1.82, 2.24) is 0 Å². The third kappa shape index (κ3) is 4.39. The molecule has 0 radical (unpaired) electrons. The maximum absolute atomic E-state index is 6.34. The molecule has 0 aromatic heterocycles. The number of hydrogen-bond acceptors (Lipinski definition) is 2. The average Bonchev–Trinajstić information content (AvgIpc) is 2.98. The molecule has 1 saturated carbocycles. The van der Waals surface area contributed by atoms with Crippen LogP contribution >= 0.6 is 0 Å². The zero-order valence-corrected chi connectivity index (χ0v) is 16.6. The summed E-state index contributed by atoms with van der Waals surface area (Å²) in [4.78, 5) is 0. The van der Waals surface area contributed by atoms with E-state index in [1.54, 1.807) is 5.56 Å². The molecule has 0 spiro atoms. The number of ether oxygens (including phenoxy) is 2. The first-order chi connectivity index (χ1) is 12.1. The normalized spacial score (nSPS) is 25.2. The molecule has 2 aliphatic rings. The zero-order valence-electron chi connectivity index (χ0n) is 16.6. The van der Waals surface area contributed by atoms with Gasteiger partial charge < -0.3 is 9.47 Å². The van der Waals surface area contributed by atoms with Crippen molar-refractivity contribution in [1.29, 1.82) is 0 Å². The molecular formula is C23H36O2. The van der Waals surface area contributed by atoms with Gasteiger partial charge in [-0.3, -0.25) is 0 Å². The van der Waals surface area contributed by atoms with Crippen LogP contribution in [0.25, 0.3) is 0 Å². The molecule has 0 aliphatic heterocycles. The minimum Gasteiger partial charge on any atom is -0.465 e. The first-order valence-electron chi connectivity index (χ1n) is 10.6. The molecule has 0 heterocycles. The summed E-state index contributed by atoms with van der Waals surface area (Å²) in [5, 5.41) is 0. The van der Waals surface area contributed by atoms with Gasteiger partial charge in [0.05, 0.1) is 6.10 Å². The van der Waals surface area contributed by atoms with E-state index in [9.17, 15) is 0 Å². The average molecular weight is 345 g/mol. The van der Waals surface area contributed by atoms with E-state index >= 15 is 0 Å². The molecule has 1 aromatic rings. The Morgan fingerprint density at radius 1 is 1.04 bits per heavy atom. The van der Waals surface area contributed by atoms with Crippen molar-refractivity contribution in [3.63, 3.8) is 0 Å². The first kappa shape index (κ1) is 18.8. The lowest BCUT2D eigenvalue weighted by molar-refractivity contribution is -0.150. The smallest absolute Gasteiger partial charge is 0.202 e. The summed E-state index contributed by atoms with van der Waals surface area (Å²) in [7, 11) is 0. The molecule has 0 saturated heterocycles. The fourth-order valence-corrected chi connectivity index (χ4v) is 4.70. The second kappa shape index (κ2) is 8.58. The third-order valence-corrected chi connectivity index (χ3v) is 6.20. The van der Waals surface area contributed by atoms with Gasteiger partial charge in [-0.2, -0.15) is 0 Å². The van der Waals surface area contributed by atoms with Crippen LogP contribution in [-0.2, 0) is 11.2 Å². The number of hydrogen-bond donors (Lipinski definition) is 0. The van der Waals surface area contributed by atoms with Gasteiger partial charge in [0.1, 0.15) is 5.75 Å². The highest BCUT2D eigenvalue weighted by molar-refractivity contribution is 5.42. The SMILES string of the molecule is CCC1Cc2cc(OC(OC3CCCCC3)C(C)C)ccc2C1CC. The van der Waals surface area contributed by atoms with Gasteiger partial charge in [0.2, 0.25) is 6.29 Å². The Hall–Kier alpha value is -1.02. The quantitative estimate of drug-likeness (QED) is 0.527. The third-order valence-electron chi connectivity index (χ3n) is 6.20. The molecule has 3 unspecified atom stereocenters. The van der Waals surface area contributed by atoms with E-state index in [-0.39, 0.29) is 6.29 Å². The Morgan fingerprint density at radius 2 is 1.80 bits per heavy atom. The highest BCUT2D eigenvalue weighted by Crippen LogP contribution is 2.43. The highest BCUT2D eigenvalue weighted by Gasteiger charge is 2.30. The summed E-state index contributed by atoms with van der Waals surface area (Å²) in [6.07, 6.45) is 10.3. The Bertz CT molecular complexity index is 545.